The highest BCUT2D eigenvalue weighted by atomic mass is 19.4. The van der Waals surface area contributed by atoms with E-state index in [1.54, 1.807) is 30.3 Å². The van der Waals surface area contributed by atoms with Gasteiger partial charge in [-0.05, 0) is 18.5 Å². The summed E-state index contributed by atoms with van der Waals surface area (Å²) in [4.78, 5) is 11.7. The number of halogens is 3. The minimum Gasteiger partial charge on any atom is -0.480 e. The van der Waals surface area contributed by atoms with Crippen molar-refractivity contribution in [2.45, 2.75) is 25.1 Å². The lowest BCUT2D eigenvalue weighted by atomic mass is 9.90. The molecule has 0 fully saturated rings. The Morgan fingerprint density at radius 1 is 1.24 bits per heavy atom. The fraction of sp³-hybridized carbons (Fsp3) is 0.500. The Morgan fingerprint density at radius 3 is 2.33 bits per heavy atom. The van der Waals surface area contributed by atoms with Gasteiger partial charge in [-0.3, -0.25) is 5.32 Å². The number of hydrogen-bond donors (Lipinski definition) is 2. The molecule has 0 amide bonds. The van der Waals surface area contributed by atoms with Crippen LogP contribution in [0.1, 0.15) is 18.9 Å². The van der Waals surface area contributed by atoms with Crippen LogP contribution in [0, 0.1) is 0 Å². The summed E-state index contributed by atoms with van der Waals surface area (Å²) in [7, 11) is 0. The summed E-state index contributed by atoms with van der Waals surface area (Å²) in [5.74, 6) is -1.27. The summed E-state index contributed by atoms with van der Waals surface area (Å²) < 4.78 is 41.2. The predicted molar refractivity (Wildman–Crippen MR) is 70.9 cm³/mol. The number of benzene rings is 1. The molecule has 4 nitrogen and oxygen atoms in total. The minimum absolute atomic E-state index is 0.344. The molecule has 0 heterocycles. The first kappa shape index (κ1) is 17.5. The van der Waals surface area contributed by atoms with Crippen molar-refractivity contribution < 1.29 is 27.8 Å². The van der Waals surface area contributed by atoms with Crippen molar-refractivity contribution in [1.82, 2.24) is 5.32 Å². The number of carboxylic acids is 1. The molecular weight excluding hydrogens is 287 g/mol. The quantitative estimate of drug-likeness (QED) is 0.775. The third-order valence-corrected chi connectivity index (χ3v) is 2.89. The van der Waals surface area contributed by atoms with E-state index in [1.165, 1.54) is 0 Å². The smallest absolute Gasteiger partial charge is 0.411 e. The van der Waals surface area contributed by atoms with E-state index in [2.05, 4.69) is 10.1 Å². The highest BCUT2D eigenvalue weighted by Crippen LogP contribution is 2.24. The molecule has 118 valence electrons. The third-order valence-electron chi connectivity index (χ3n) is 2.89. The van der Waals surface area contributed by atoms with Gasteiger partial charge in [-0.2, -0.15) is 13.2 Å². The van der Waals surface area contributed by atoms with Crippen LogP contribution in [0.25, 0.3) is 0 Å². The highest BCUT2D eigenvalue weighted by Gasteiger charge is 2.41. The zero-order valence-corrected chi connectivity index (χ0v) is 11.6. The molecule has 0 spiro atoms. The van der Waals surface area contributed by atoms with Gasteiger partial charge in [0.25, 0.3) is 0 Å². The second kappa shape index (κ2) is 7.42. The van der Waals surface area contributed by atoms with Gasteiger partial charge in [0.15, 0.2) is 5.54 Å². The summed E-state index contributed by atoms with van der Waals surface area (Å²) in [6, 6.07) is 8.06. The van der Waals surface area contributed by atoms with Gasteiger partial charge in [0.2, 0.25) is 0 Å². The average Bonchev–Trinajstić information content (AvgIpc) is 2.42. The zero-order chi connectivity index (χ0) is 15.9. The lowest BCUT2D eigenvalue weighted by Gasteiger charge is -2.31. The molecule has 0 aromatic heterocycles. The van der Waals surface area contributed by atoms with E-state index < -0.39 is 30.9 Å². The Labute approximate surface area is 120 Å². The number of alkyl halides is 3. The Morgan fingerprint density at radius 2 is 1.86 bits per heavy atom. The lowest BCUT2D eigenvalue weighted by Crippen LogP contribution is -2.53. The average molecular weight is 305 g/mol. The monoisotopic (exact) mass is 305 g/mol. The molecule has 1 atom stereocenters. The predicted octanol–water partition coefficient (Wildman–Crippen LogP) is 2.55. The molecule has 21 heavy (non-hydrogen) atoms. The van der Waals surface area contributed by atoms with Crippen molar-refractivity contribution in [1.29, 1.82) is 0 Å². The van der Waals surface area contributed by atoms with Gasteiger partial charge in [0.05, 0.1) is 6.61 Å². The number of aliphatic carboxylic acids is 1. The van der Waals surface area contributed by atoms with Crippen molar-refractivity contribution in [3.05, 3.63) is 35.9 Å². The Hall–Kier alpha value is -1.60. The summed E-state index contributed by atoms with van der Waals surface area (Å²) in [5.41, 5.74) is -1.34. The van der Waals surface area contributed by atoms with Gasteiger partial charge in [-0.25, -0.2) is 4.79 Å². The highest BCUT2D eigenvalue weighted by molar-refractivity contribution is 5.81. The summed E-state index contributed by atoms with van der Waals surface area (Å²) >= 11 is 0. The molecule has 1 rings (SSSR count). The Kier molecular flexibility index (Phi) is 6.17. The van der Waals surface area contributed by atoms with E-state index in [9.17, 15) is 23.1 Å². The van der Waals surface area contributed by atoms with E-state index in [0.29, 0.717) is 18.5 Å². The topological polar surface area (TPSA) is 58.6 Å². The number of hydrogen-bond acceptors (Lipinski definition) is 3. The second-order valence-electron chi connectivity index (χ2n) is 4.61. The molecule has 0 saturated carbocycles. The first-order valence-electron chi connectivity index (χ1n) is 6.50. The fourth-order valence-corrected chi connectivity index (χ4v) is 1.88. The van der Waals surface area contributed by atoms with Crippen LogP contribution in [0.15, 0.2) is 30.3 Å². The van der Waals surface area contributed by atoms with Crippen LogP contribution in [0.2, 0.25) is 0 Å². The largest absolute Gasteiger partial charge is 0.480 e. The normalized spacial score (nSPS) is 14.7. The number of ether oxygens (including phenoxy) is 1. The van der Waals surface area contributed by atoms with Gasteiger partial charge >= 0.3 is 12.1 Å². The number of nitrogens with one attached hydrogen (secondary N) is 1. The van der Waals surface area contributed by atoms with Gasteiger partial charge in [0.1, 0.15) is 6.61 Å². The van der Waals surface area contributed by atoms with Gasteiger partial charge in [0, 0.05) is 0 Å². The van der Waals surface area contributed by atoms with E-state index in [-0.39, 0.29) is 0 Å². The molecule has 2 N–H and O–H groups in total. The van der Waals surface area contributed by atoms with E-state index in [0.717, 1.165) is 0 Å². The summed E-state index contributed by atoms with van der Waals surface area (Å²) in [6.07, 6.45) is -3.85. The Balaban J connectivity index is 2.99. The summed E-state index contributed by atoms with van der Waals surface area (Å²) in [6.45, 7) is 0.0896. The van der Waals surface area contributed by atoms with Crippen LogP contribution in [0.4, 0.5) is 13.2 Å². The van der Waals surface area contributed by atoms with Crippen LogP contribution < -0.4 is 5.32 Å². The maximum absolute atomic E-state index is 12.2. The maximum Gasteiger partial charge on any atom is 0.411 e. The second-order valence-corrected chi connectivity index (χ2v) is 4.61. The number of rotatable bonds is 8. The molecule has 0 aliphatic rings. The molecular formula is C14H18F3NO3. The first-order valence-corrected chi connectivity index (χ1v) is 6.50. The minimum atomic E-state index is -4.49. The molecule has 0 bridgehead atoms. The lowest BCUT2D eigenvalue weighted by molar-refractivity contribution is -0.183. The number of carboxylic acid groups (broad SMARTS) is 1. The molecule has 0 saturated heterocycles. The van der Waals surface area contributed by atoms with Gasteiger partial charge in [-0.15, -0.1) is 0 Å². The number of carbonyl (C=O) groups is 1. The maximum atomic E-state index is 12.2. The molecule has 0 aliphatic heterocycles. The van der Waals surface area contributed by atoms with Crippen molar-refractivity contribution in [3.63, 3.8) is 0 Å². The van der Waals surface area contributed by atoms with Crippen LogP contribution in [0.3, 0.4) is 0 Å². The third kappa shape index (κ3) is 5.02. The zero-order valence-electron chi connectivity index (χ0n) is 11.6. The molecule has 7 heteroatoms. The van der Waals surface area contributed by atoms with Crippen LogP contribution in [-0.4, -0.2) is 37.0 Å². The van der Waals surface area contributed by atoms with E-state index in [1.807, 2.05) is 6.92 Å². The van der Waals surface area contributed by atoms with Crippen molar-refractivity contribution in [3.8, 4) is 0 Å². The molecule has 1 unspecified atom stereocenters. The van der Waals surface area contributed by atoms with Crippen molar-refractivity contribution >= 4 is 5.97 Å². The van der Waals surface area contributed by atoms with Gasteiger partial charge < -0.3 is 9.84 Å². The van der Waals surface area contributed by atoms with Crippen LogP contribution in [0.5, 0.6) is 0 Å². The van der Waals surface area contributed by atoms with Crippen molar-refractivity contribution in [2.75, 3.05) is 19.8 Å². The van der Waals surface area contributed by atoms with Crippen LogP contribution in [-0.2, 0) is 15.1 Å². The van der Waals surface area contributed by atoms with E-state index in [4.69, 9.17) is 0 Å². The van der Waals surface area contributed by atoms with Crippen molar-refractivity contribution in [2.24, 2.45) is 0 Å². The Bertz CT molecular complexity index is 451. The molecule has 0 radical (unpaired) electrons. The van der Waals surface area contributed by atoms with E-state index >= 15 is 0 Å². The molecule has 0 aliphatic carbocycles. The SMILES string of the molecule is CCCNC(COCC(F)(F)F)(C(=O)O)c1ccccc1. The fourth-order valence-electron chi connectivity index (χ4n) is 1.88. The van der Waals surface area contributed by atoms with Gasteiger partial charge in [-0.1, -0.05) is 37.3 Å². The summed E-state index contributed by atoms with van der Waals surface area (Å²) in [5, 5.41) is 12.3. The standard InChI is InChI=1S/C14H18F3NO3/c1-2-8-18-13(12(19)20,9-21-10-14(15,16)17)11-6-4-3-5-7-11/h3-7,18H,2,8-10H2,1H3,(H,19,20). The first-order chi connectivity index (χ1) is 9.82. The van der Waals surface area contributed by atoms with Crippen LogP contribution >= 0.6 is 0 Å². The molecule has 1 aromatic carbocycles. The molecule has 1 aromatic rings.